The number of piperidine rings is 1. The van der Waals surface area contributed by atoms with Crippen LogP contribution in [0.15, 0.2) is 24.3 Å². The van der Waals surface area contributed by atoms with Gasteiger partial charge in [0.25, 0.3) is 0 Å². The monoisotopic (exact) mass is 321 g/mol. The normalized spacial score (nSPS) is 15.3. The summed E-state index contributed by atoms with van der Waals surface area (Å²) in [5, 5.41) is 2.55. The van der Waals surface area contributed by atoms with E-state index in [9.17, 15) is 18.8 Å². The number of amides is 3. The lowest BCUT2D eigenvalue weighted by atomic mass is 10.0. The van der Waals surface area contributed by atoms with Gasteiger partial charge >= 0.3 is 11.8 Å². The molecule has 0 atom stereocenters. The van der Waals surface area contributed by atoms with Crippen LogP contribution < -0.4 is 11.1 Å². The highest BCUT2D eigenvalue weighted by atomic mass is 19.1. The highest BCUT2D eigenvalue weighted by Crippen LogP contribution is 2.13. The Balaban J connectivity index is 1.74. The third-order valence-corrected chi connectivity index (χ3v) is 3.95. The number of carbonyl (C=O) groups is 3. The maximum atomic E-state index is 12.8. The molecular weight excluding hydrogens is 301 g/mol. The minimum Gasteiger partial charge on any atom is -0.361 e. The summed E-state index contributed by atoms with van der Waals surface area (Å²) in [4.78, 5) is 35.8. The van der Waals surface area contributed by atoms with Crippen LogP contribution in [-0.4, -0.2) is 41.8 Å². The second-order valence-electron chi connectivity index (χ2n) is 5.62. The molecule has 0 saturated carbocycles. The molecule has 0 aliphatic carbocycles. The van der Waals surface area contributed by atoms with E-state index in [4.69, 9.17) is 5.73 Å². The minimum atomic E-state index is -0.997. The van der Waals surface area contributed by atoms with Crippen LogP contribution in [0.25, 0.3) is 0 Å². The predicted octanol–water partition coefficient (Wildman–Crippen LogP) is 0.351. The summed E-state index contributed by atoms with van der Waals surface area (Å²) < 4.78 is 12.8. The predicted molar refractivity (Wildman–Crippen MR) is 81.7 cm³/mol. The number of nitrogens with two attached hydrogens (primary N) is 1. The maximum Gasteiger partial charge on any atom is 0.309 e. The van der Waals surface area contributed by atoms with Crippen molar-refractivity contribution in [1.82, 2.24) is 10.2 Å². The largest absolute Gasteiger partial charge is 0.361 e. The summed E-state index contributed by atoms with van der Waals surface area (Å²) in [6.45, 7) is 1.07. The summed E-state index contributed by atoms with van der Waals surface area (Å²) in [6.07, 6.45) is 2.13. The number of benzene rings is 1. The van der Waals surface area contributed by atoms with Crippen LogP contribution in [0.1, 0.15) is 24.8 Å². The minimum absolute atomic E-state index is 0.0361. The van der Waals surface area contributed by atoms with Gasteiger partial charge in [0.1, 0.15) is 5.82 Å². The molecule has 0 spiro atoms. The Kier molecular flexibility index (Phi) is 5.67. The van der Waals surface area contributed by atoms with Crippen LogP contribution in [0, 0.1) is 5.82 Å². The summed E-state index contributed by atoms with van der Waals surface area (Å²) in [6, 6.07) is 5.98. The van der Waals surface area contributed by atoms with Crippen molar-refractivity contribution in [2.24, 2.45) is 5.73 Å². The maximum absolute atomic E-state index is 12.8. The first-order chi connectivity index (χ1) is 11.0. The van der Waals surface area contributed by atoms with E-state index in [1.807, 2.05) is 0 Å². The van der Waals surface area contributed by atoms with Crippen molar-refractivity contribution in [3.05, 3.63) is 35.6 Å². The molecule has 1 aromatic rings. The SMILES string of the molecule is NC(=O)C(=O)NC1CCN(C(=O)CCc2ccc(F)cc2)CC1. The summed E-state index contributed by atoms with van der Waals surface area (Å²) in [5.41, 5.74) is 5.81. The van der Waals surface area contributed by atoms with Crippen molar-refractivity contribution in [2.45, 2.75) is 31.7 Å². The van der Waals surface area contributed by atoms with E-state index in [1.54, 1.807) is 17.0 Å². The lowest BCUT2D eigenvalue weighted by Crippen LogP contribution is -2.49. The molecule has 1 aromatic carbocycles. The van der Waals surface area contributed by atoms with Crippen molar-refractivity contribution in [1.29, 1.82) is 0 Å². The number of halogens is 1. The molecule has 3 amide bonds. The molecule has 1 aliphatic rings. The van der Waals surface area contributed by atoms with E-state index in [2.05, 4.69) is 5.32 Å². The molecule has 1 aliphatic heterocycles. The first kappa shape index (κ1) is 16.9. The van der Waals surface area contributed by atoms with Gasteiger partial charge in [-0.2, -0.15) is 0 Å². The lowest BCUT2D eigenvalue weighted by molar-refractivity contribution is -0.138. The molecule has 0 radical (unpaired) electrons. The molecule has 2 rings (SSSR count). The fraction of sp³-hybridized carbons (Fsp3) is 0.438. The molecule has 23 heavy (non-hydrogen) atoms. The fourth-order valence-corrected chi connectivity index (χ4v) is 2.59. The number of likely N-dealkylation sites (tertiary alicyclic amines) is 1. The average Bonchev–Trinajstić information content (AvgIpc) is 2.54. The number of nitrogens with zero attached hydrogens (tertiary/aromatic N) is 1. The van der Waals surface area contributed by atoms with Gasteiger partial charge in [-0.15, -0.1) is 0 Å². The molecule has 6 nitrogen and oxygen atoms in total. The van der Waals surface area contributed by atoms with Gasteiger partial charge in [-0.25, -0.2) is 4.39 Å². The highest BCUT2D eigenvalue weighted by molar-refractivity contribution is 6.34. The van der Waals surface area contributed by atoms with E-state index < -0.39 is 11.8 Å². The summed E-state index contributed by atoms with van der Waals surface area (Å²) in [7, 11) is 0. The molecule has 0 bridgehead atoms. The number of carbonyl (C=O) groups excluding carboxylic acids is 3. The number of hydrogen-bond acceptors (Lipinski definition) is 3. The molecular formula is C16H20FN3O3. The third-order valence-electron chi connectivity index (χ3n) is 3.95. The molecule has 124 valence electrons. The van der Waals surface area contributed by atoms with Crippen LogP contribution in [0.5, 0.6) is 0 Å². The van der Waals surface area contributed by atoms with E-state index in [0.717, 1.165) is 5.56 Å². The number of primary amides is 1. The highest BCUT2D eigenvalue weighted by Gasteiger charge is 2.24. The van der Waals surface area contributed by atoms with Crippen molar-refractivity contribution in [2.75, 3.05) is 13.1 Å². The molecule has 1 heterocycles. The van der Waals surface area contributed by atoms with Crippen LogP contribution >= 0.6 is 0 Å². The van der Waals surface area contributed by atoms with Gasteiger partial charge in [-0.05, 0) is 37.0 Å². The van der Waals surface area contributed by atoms with E-state index in [-0.39, 0.29) is 17.8 Å². The van der Waals surface area contributed by atoms with Crippen molar-refractivity contribution in [3.63, 3.8) is 0 Å². The Labute approximate surface area is 133 Å². The van der Waals surface area contributed by atoms with Crippen molar-refractivity contribution < 1.29 is 18.8 Å². The van der Waals surface area contributed by atoms with Gasteiger partial charge in [-0.3, -0.25) is 14.4 Å². The number of aryl methyl sites for hydroxylation is 1. The van der Waals surface area contributed by atoms with Gasteiger partial charge < -0.3 is 16.0 Å². The number of rotatable bonds is 4. The van der Waals surface area contributed by atoms with Crippen LogP contribution in [-0.2, 0) is 20.8 Å². The topological polar surface area (TPSA) is 92.5 Å². The standard InChI is InChI=1S/C16H20FN3O3/c17-12-4-1-11(2-5-12)3-6-14(21)20-9-7-13(8-10-20)19-16(23)15(18)22/h1-2,4-5,13H,3,6-10H2,(H2,18,22)(H,19,23). The Hall–Kier alpha value is -2.44. The zero-order chi connectivity index (χ0) is 16.8. The van der Waals surface area contributed by atoms with Gasteiger partial charge in [-0.1, -0.05) is 12.1 Å². The summed E-state index contributed by atoms with van der Waals surface area (Å²) >= 11 is 0. The summed E-state index contributed by atoms with van der Waals surface area (Å²) in [5.74, 6) is -2.04. The zero-order valence-electron chi connectivity index (χ0n) is 12.8. The van der Waals surface area contributed by atoms with E-state index in [0.29, 0.717) is 38.8 Å². The second kappa shape index (κ2) is 7.71. The molecule has 1 fully saturated rings. The fourth-order valence-electron chi connectivity index (χ4n) is 2.59. The van der Waals surface area contributed by atoms with Crippen molar-refractivity contribution >= 4 is 17.7 Å². The van der Waals surface area contributed by atoms with Crippen LogP contribution in [0.3, 0.4) is 0 Å². The molecule has 0 unspecified atom stereocenters. The molecule has 1 saturated heterocycles. The first-order valence-electron chi connectivity index (χ1n) is 7.58. The smallest absolute Gasteiger partial charge is 0.309 e. The van der Waals surface area contributed by atoms with Crippen LogP contribution in [0.2, 0.25) is 0 Å². The molecule has 7 heteroatoms. The van der Waals surface area contributed by atoms with Crippen molar-refractivity contribution in [3.8, 4) is 0 Å². The number of hydrogen-bond donors (Lipinski definition) is 2. The Bertz CT molecular complexity index is 581. The van der Waals surface area contributed by atoms with E-state index >= 15 is 0 Å². The lowest BCUT2D eigenvalue weighted by Gasteiger charge is -2.32. The van der Waals surface area contributed by atoms with Gasteiger partial charge in [0, 0.05) is 25.6 Å². The third kappa shape index (κ3) is 5.05. The van der Waals surface area contributed by atoms with E-state index in [1.165, 1.54) is 12.1 Å². The quantitative estimate of drug-likeness (QED) is 0.784. The Morgan fingerprint density at radius 1 is 1.17 bits per heavy atom. The second-order valence-corrected chi connectivity index (χ2v) is 5.62. The van der Waals surface area contributed by atoms with Gasteiger partial charge in [0.15, 0.2) is 0 Å². The zero-order valence-corrected chi connectivity index (χ0v) is 12.8. The first-order valence-corrected chi connectivity index (χ1v) is 7.58. The van der Waals surface area contributed by atoms with Gasteiger partial charge in [0.05, 0.1) is 0 Å². The Morgan fingerprint density at radius 3 is 2.35 bits per heavy atom. The Morgan fingerprint density at radius 2 is 1.78 bits per heavy atom. The number of nitrogens with one attached hydrogen (secondary N) is 1. The molecule has 3 N–H and O–H groups in total. The molecule has 0 aromatic heterocycles. The van der Waals surface area contributed by atoms with Gasteiger partial charge in [0.2, 0.25) is 5.91 Å². The average molecular weight is 321 g/mol. The van der Waals surface area contributed by atoms with Crippen LogP contribution in [0.4, 0.5) is 4.39 Å².